The minimum absolute atomic E-state index is 0.0162. The van der Waals surface area contributed by atoms with Crippen LogP contribution < -0.4 is 0 Å². The van der Waals surface area contributed by atoms with Crippen molar-refractivity contribution in [2.75, 3.05) is 0 Å². The number of hydrogen-bond acceptors (Lipinski definition) is 3. The summed E-state index contributed by atoms with van der Waals surface area (Å²) in [5.41, 5.74) is 0.659. The molecule has 1 unspecified atom stereocenters. The van der Waals surface area contributed by atoms with E-state index in [4.69, 9.17) is 11.6 Å². The molecule has 14 heavy (non-hydrogen) atoms. The standard InChI is InChI=1S/C10H9ClO3/c1-6(13)10(11)9-4-8(14)3-2-7(9)5-12/h2-5,10,14H,1H3. The van der Waals surface area contributed by atoms with E-state index in [2.05, 4.69) is 0 Å². The summed E-state index contributed by atoms with van der Waals surface area (Å²) in [7, 11) is 0. The van der Waals surface area contributed by atoms with Crippen LogP contribution in [0, 0.1) is 0 Å². The normalized spacial score (nSPS) is 12.1. The van der Waals surface area contributed by atoms with Crippen molar-refractivity contribution < 1.29 is 14.7 Å². The molecule has 0 amide bonds. The quantitative estimate of drug-likeness (QED) is 0.617. The zero-order chi connectivity index (χ0) is 10.7. The van der Waals surface area contributed by atoms with Crippen molar-refractivity contribution in [1.82, 2.24) is 0 Å². The van der Waals surface area contributed by atoms with Crippen LogP contribution in [0.15, 0.2) is 18.2 Å². The van der Waals surface area contributed by atoms with Gasteiger partial charge in [0.05, 0.1) is 0 Å². The van der Waals surface area contributed by atoms with Gasteiger partial charge in [-0.05, 0) is 30.7 Å². The molecule has 0 saturated carbocycles. The first-order valence-electron chi connectivity index (χ1n) is 3.99. The Morgan fingerprint density at radius 3 is 2.71 bits per heavy atom. The first-order valence-corrected chi connectivity index (χ1v) is 4.42. The highest BCUT2D eigenvalue weighted by Crippen LogP contribution is 2.27. The summed E-state index contributed by atoms with van der Waals surface area (Å²) in [6.45, 7) is 1.33. The molecule has 1 aromatic carbocycles. The van der Waals surface area contributed by atoms with E-state index in [1.165, 1.54) is 25.1 Å². The van der Waals surface area contributed by atoms with Crippen molar-refractivity contribution in [3.8, 4) is 5.75 Å². The van der Waals surface area contributed by atoms with Gasteiger partial charge in [-0.15, -0.1) is 11.6 Å². The van der Waals surface area contributed by atoms with Gasteiger partial charge in [0.15, 0.2) is 5.78 Å². The fourth-order valence-corrected chi connectivity index (χ4v) is 1.30. The molecule has 0 aliphatic heterocycles. The number of phenolic OH excluding ortho intramolecular Hbond substituents is 1. The fourth-order valence-electron chi connectivity index (χ4n) is 1.11. The number of aldehydes is 1. The van der Waals surface area contributed by atoms with Crippen LogP contribution in [-0.2, 0) is 4.79 Å². The molecule has 0 heterocycles. The Balaban J connectivity index is 3.23. The molecule has 0 saturated heterocycles. The highest BCUT2D eigenvalue weighted by molar-refractivity contribution is 6.31. The largest absolute Gasteiger partial charge is 0.508 e. The van der Waals surface area contributed by atoms with Crippen molar-refractivity contribution in [2.24, 2.45) is 0 Å². The number of rotatable bonds is 3. The van der Waals surface area contributed by atoms with Crippen LogP contribution in [-0.4, -0.2) is 17.2 Å². The molecule has 1 rings (SSSR count). The van der Waals surface area contributed by atoms with Crippen LogP contribution in [0.4, 0.5) is 0 Å². The number of hydrogen-bond donors (Lipinski definition) is 1. The van der Waals surface area contributed by atoms with Gasteiger partial charge in [0.2, 0.25) is 0 Å². The molecule has 0 radical (unpaired) electrons. The monoisotopic (exact) mass is 212 g/mol. The van der Waals surface area contributed by atoms with Gasteiger partial charge < -0.3 is 5.11 Å². The van der Waals surface area contributed by atoms with Crippen molar-refractivity contribution in [2.45, 2.75) is 12.3 Å². The Morgan fingerprint density at radius 2 is 2.21 bits per heavy atom. The summed E-state index contributed by atoms with van der Waals surface area (Å²) in [4.78, 5) is 21.6. The van der Waals surface area contributed by atoms with Crippen molar-refractivity contribution in [1.29, 1.82) is 0 Å². The molecule has 1 atom stereocenters. The maximum Gasteiger partial charge on any atom is 0.152 e. The third kappa shape index (κ3) is 2.12. The predicted octanol–water partition coefficient (Wildman–Crippen LogP) is 2.07. The number of benzene rings is 1. The van der Waals surface area contributed by atoms with Gasteiger partial charge in [-0.25, -0.2) is 0 Å². The molecular formula is C10H9ClO3. The molecule has 0 fully saturated rings. The average molecular weight is 213 g/mol. The van der Waals surface area contributed by atoms with Gasteiger partial charge in [-0.1, -0.05) is 0 Å². The number of phenols is 1. The second-order valence-electron chi connectivity index (χ2n) is 2.90. The molecule has 1 aromatic rings. The van der Waals surface area contributed by atoms with Crippen LogP contribution >= 0.6 is 11.6 Å². The summed E-state index contributed by atoms with van der Waals surface area (Å²) in [5.74, 6) is -0.280. The van der Waals surface area contributed by atoms with E-state index in [1.807, 2.05) is 0 Å². The number of aromatic hydroxyl groups is 1. The van der Waals surface area contributed by atoms with Gasteiger partial charge in [0, 0.05) is 5.56 Å². The lowest BCUT2D eigenvalue weighted by Gasteiger charge is -2.08. The molecule has 4 heteroatoms. The number of carbonyl (C=O) groups excluding carboxylic acids is 2. The first kappa shape index (κ1) is 10.7. The van der Waals surface area contributed by atoms with E-state index in [0.29, 0.717) is 17.4 Å². The van der Waals surface area contributed by atoms with E-state index < -0.39 is 5.38 Å². The van der Waals surface area contributed by atoms with E-state index in [0.717, 1.165) is 0 Å². The number of halogens is 1. The van der Waals surface area contributed by atoms with Gasteiger partial charge in [0.25, 0.3) is 0 Å². The third-order valence-corrected chi connectivity index (χ3v) is 2.37. The van der Waals surface area contributed by atoms with Crippen molar-refractivity contribution in [3.63, 3.8) is 0 Å². The second-order valence-corrected chi connectivity index (χ2v) is 3.34. The number of Topliss-reactive ketones (excluding diaryl/α,β-unsaturated/α-hetero) is 1. The van der Waals surface area contributed by atoms with Crippen molar-refractivity contribution >= 4 is 23.7 Å². The number of alkyl halides is 1. The van der Waals surface area contributed by atoms with Gasteiger partial charge in [0.1, 0.15) is 17.4 Å². The molecule has 0 aromatic heterocycles. The molecule has 0 bridgehead atoms. The maximum absolute atomic E-state index is 11.0. The first-order chi connectivity index (χ1) is 6.56. The molecule has 0 aliphatic rings. The topological polar surface area (TPSA) is 54.4 Å². The Bertz CT molecular complexity index is 374. The zero-order valence-corrected chi connectivity index (χ0v) is 8.28. The smallest absolute Gasteiger partial charge is 0.152 e. The SMILES string of the molecule is CC(=O)C(Cl)c1cc(O)ccc1C=O. The van der Waals surface area contributed by atoms with Crippen LogP contribution in [0.5, 0.6) is 5.75 Å². The number of ketones is 1. The average Bonchev–Trinajstić information content (AvgIpc) is 2.16. The summed E-state index contributed by atoms with van der Waals surface area (Å²) in [6, 6.07) is 4.12. The molecular weight excluding hydrogens is 204 g/mol. The highest BCUT2D eigenvalue weighted by Gasteiger charge is 2.17. The van der Waals surface area contributed by atoms with Crippen LogP contribution in [0.25, 0.3) is 0 Å². The summed E-state index contributed by atoms with van der Waals surface area (Å²) in [5, 5.41) is 8.29. The van der Waals surface area contributed by atoms with Gasteiger partial charge >= 0.3 is 0 Å². The van der Waals surface area contributed by atoms with Crippen LogP contribution in [0.2, 0.25) is 0 Å². The Hall–Kier alpha value is -1.35. The van der Waals surface area contributed by atoms with Crippen LogP contribution in [0.1, 0.15) is 28.2 Å². The van der Waals surface area contributed by atoms with Gasteiger partial charge in [-0.3, -0.25) is 9.59 Å². The lowest BCUT2D eigenvalue weighted by atomic mass is 10.0. The minimum atomic E-state index is -0.887. The Morgan fingerprint density at radius 1 is 1.57 bits per heavy atom. The lowest BCUT2D eigenvalue weighted by Crippen LogP contribution is -2.04. The zero-order valence-electron chi connectivity index (χ0n) is 7.53. The molecule has 1 N–H and O–H groups in total. The van der Waals surface area contributed by atoms with Gasteiger partial charge in [-0.2, -0.15) is 0 Å². The summed E-state index contributed by atoms with van der Waals surface area (Å²) >= 11 is 5.78. The molecule has 0 aliphatic carbocycles. The highest BCUT2D eigenvalue weighted by atomic mass is 35.5. The third-order valence-electron chi connectivity index (χ3n) is 1.83. The fraction of sp³-hybridized carbons (Fsp3) is 0.200. The maximum atomic E-state index is 11.0. The number of carbonyl (C=O) groups is 2. The van der Waals surface area contributed by atoms with Crippen LogP contribution in [0.3, 0.4) is 0 Å². The Kier molecular flexibility index (Phi) is 3.25. The molecule has 0 spiro atoms. The predicted molar refractivity (Wildman–Crippen MR) is 52.8 cm³/mol. The van der Waals surface area contributed by atoms with E-state index in [-0.39, 0.29) is 11.5 Å². The summed E-state index contributed by atoms with van der Waals surface area (Å²) in [6.07, 6.45) is 0.604. The van der Waals surface area contributed by atoms with E-state index >= 15 is 0 Å². The molecule has 3 nitrogen and oxygen atoms in total. The lowest BCUT2D eigenvalue weighted by molar-refractivity contribution is -0.116. The summed E-state index contributed by atoms with van der Waals surface area (Å²) < 4.78 is 0. The Labute approximate surface area is 86.3 Å². The van der Waals surface area contributed by atoms with E-state index in [1.54, 1.807) is 0 Å². The van der Waals surface area contributed by atoms with Crippen molar-refractivity contribution in [3.05, 3.63) is 29.3 Å². The second kappa shape index (κ2) is 4.24. The molecule has 74 valence electrons. The van der Waals surface area contributed by atoms with E-state index in [9.17, 15) is 14.7 Å². The minimum Gasteiger partial charge on any atom is -0.508 e.